The molecule has 0 bridgehead atoms. The maximum Gasteiger partial charge on any atom is -0.00605 e. The van der Waals surface area contributed by atoms with E-state index in [4.69, 9.17) is 11.8 Å². The van der Waals surface area contributed by atoms with Crippen molar-refractivity contribution in [3.05, 3.63) is 0 Å². The normalized spacial score (nSPS) is 14.9. The molecular weight excluding hydrogens is 183 g/mol. The zero-order valence-electron chi connectivity index (χ0n) is 9.56. The van der Waals surface area contributed by atoms with E-state index in [0.717, 1.165) is 0 Å². The maximum absolute atomic E-state index is 5.60. The topological polar surface area (TPSA) is 0 Å². The van der Waals surface area contributed by atoms with E-state index >= 15 is 0 Å². The molecule has 0 heterocycles. The smallest absolute Gasteiger partial charge is 0.00605 e. The van der Waals surface area contributed by atoms with Gasteiger partial charge in [-0.3, -0.25) is 0 Å². The van der Waals surface area contributed by atoms with Gasteiger partial charge >= 0.3 is 0 Å². The van der Waals surface area contributed by atoms with Crippen LogP contribution in [0.2, 0.25) is 0 Å². The molecule has 2 heteroatoms. The van der Waals surface area contributed by atoms with Gasteiger partial charge in [-0.15, -0.1) is 0 Å². The predicted molar refractivity (Wildman–Crippen MR) is 64.3 cm³/mol. The Balaban J connectivity index is 4.56. The molecule has 0 rings (SSSR count). The van der Waals surface area contributed by atoms with E-state index in [-0.39, 0.29) is 0 Å². The van der Waals surface area contributed by atoms with Crippen LogP contribution < -0.4 is 0 Å². The van der Waals surface area contributed by atoms with Crippen molar-refractivity contribution in [3.63, 3.8) is 0 Å². The first-order chi connectivity index (χ1) is 4.96. The van der Waals surface area contributed by atoms with E-state index in [0.29, 0.717) is 10.6 Å². The van der Waals surface area contributed by atoms with Crippen LogP contribution in [-0.4, -0.2) is 18.5 Å². The Morgan fingerprint density at radius 3 is 1.42 bits per heavy atom. The molecule has 0 unspecified atom stereocenters. The Kier molecular flexibility index (Phi) is 3.61. The summed E-state index contributed by atoms with van der Waals surface area (Å²) in [6.07, 6.45) is 1.23. The zero-order valence-corrected chi connectivity index (χ0v) is 11.3. The fourth-order valence-corrected chi connectivity index (χ4v) is 2.54. The summed E-state index contributed by atoms with van der Waals surface area (Å²) in [6.45, 7) is 16.0. The van der Waals surface area contributed by atoms with Crippen molar-refractivity contribution in [1.29, 1.82) is 0 Å². The van der Waals surface area contributed by atoms with Crippen LogP contribution in [0.5, 0.6) is 0 Å². The highest BCUT2D eigenvalue weighted by Gasteiger charge is 2.32. The summed E-state index contributed by atoms with van der Waals surface area (Å²) in [7, 11) is 0. The Hall–Kier alpha value is 0.650. The predicted octanol–water partition coefficient (Wildman–Crippen LogP) is 3.94. The molecular formula is C10H23PS. The lowest BCUT2D eigenvalue weighted by atomic mass is 9.86. The van der Waals surface area contributed by atoms with Crippen LogP contribution in [0.25, 0.3) is 0 Å². The van der Waals surface area contributed by atoms with E-state index in [1.165, 1.54) is 6.42 Å². The summed E-state index contributed by atoms with van der Waals surface area (Å²) in [5.74, 6) is 0. The molecule has 12 heavy (non-hydrogen) atoms. The molecule has 0 aromatic rings. The van der Waals surface area contributed by atoms with Crippen LogP contribution >= 0.6 is 6.04 Å². The quantitative estimate of drug-likeness (QED) is 0.617. The molecule has 0 aromatic carbocycles. The summed E-state index contributed by atoms with van der Waals surface area (Å²) in [5, 5.41) is 0.348. The first-order valence-corrected chi connectivity index (χ1v) is 8.20. The highest BCUT2D eigenvalue weighted by atomic mass is 32.4. The van der Waals surface area contributed by atoms with Gasteiger partial charge in [0, 0.05) is 0 Å². The first kappa shape index (κ1) is 12.7. The lowest BCUT2D eigenvalue weighted by Gasteiger charge is -2.38. The second-order valence-corrected chi connectivity index (χ2v) is 12.6. The van der Waals surface area contributed by atoms with E-state index in [9.17, 15) is 0 Å². The average molecular weight is 206 g/mol. The fraction of sp³-hybridized carbons (Fsp3) is 1.00. The molecule has 0 radical (unpaired) electrons. The zero-order chi connectivity index (χ0) is 10.2. The Bertz CT molecular complexity index is 192. The van der Waals surface area contributed by atoms with Gasteiger partial charge in [-0.2, -0.15) is 0 Å². The summed E-state index contributed by atoms with van der Waals surface area (Å²) in [6, 6.07) is -1.13. The number of hydrogen-bond acceptors (Lipinski definition) is 1. The Morgan fingerprint density at radius 2 is 1.33 bits per heavy atom. The third-order valence-electron chi connectivity index (χ3n) is 2.42. The molecule has 0 nitrogen and oxygen atoms in total. The van der Waals surface area contributed by atoms with Gasteiger partial charge in [0.05, 0.1) is 0 Å². The summed E-state index contributed by atoms with van der Waals surface area (Å²) in [4.78, 5) is 0. The molecule has 0 aliphatic carbocycles. The van der Waals surface area contributed by atoms with Crippen molar-refractivity contribution >= 4 is 17.8 Å². The van der Waals surface area contributed by atoms with Crippen molar-refractivity contribution in [2.75, 3.05) is 13.3 Å². The van der Waals surface area contributed by atoms with Gasteiger partial charge in [0.1, 0.15) is 0 Å². The van der Waals surface area contributed by atoms with Gasteiger partial charge in [-0.1, -0.05) is 46.4 Å². The van der Waals surface area contributed by atoms with E-state index < -0.39 is 6.04 Å². The molecule has 0 saturated carbocycles. The lowest BCUT2D eigenvalue weighted by molar-refractivity contribution is 0.336. The standard InChI is InChI=1S/C10H23PS/c1-9(2,3)8-10(4,5)11(6,7)12/h8H2,1-7H3. The minimum absolute atomic E-state index is 0.348. The van der Waals surface area contributed by atoms with Gasteiger partial charge in [0.2, 0.25) is 0 Å². The highest BCUT2D eigenvalue weighted by molar-refractivity contribution is 8.14. The third kappa shape index (κ3) is 4.05. The van der Waals surface area contributed by atoms with E-state index in [1.807, 2.05) is 0 Å². The van der Waals surface area contributed by atoms with Crippen LogP contribution in [-0.2, 0) is 11.8 Å². The molecule has 74 valence electrons. The van der Waals surface area contributed by atoms with Crippen LogP contribution in [0.4, 0.5) is 0 Å². The van der Waals surface area contributed by atoms with Crippen LogP contribution in [0.15, 0.2) is 0 Å². The van der Waals surface area contributed by atoms with Crippen LogP contribution in [0.3, 0.4) is 0 Å². The van der Waals surface area contributed by atoms with Gasteiger partial charge in [-0.05, 0) is 36.4 Å². The fourth-order valence-electron chi connectivity index (χ4n) is 1.49. The van der Waals surface area contributed by atoms with Crippen molar-refractivity contribution in [2.24, 2.45) is 5.41 Å². The third-order valence-corrected chi connectivity index (χ3v) is 6.98. The molecule has 0 aliphatic rings. The van der Waals surface area contributed by atoms with Gasteiger partial charge < -0.3 is 0 Å². The van der Waals surface area contributed by atoms with Crippen molar-refractivity contribution in [1.82, 2.24) is 0 Å². The summed E-state index contributed by atoms with van der Waals surface area (Å²) in [5.41, 5.74) is 0.402. The van der Waals surface area contributed by atoms with Gasteiger partial charge in [0.15, 0.2) is 0 Å². The highest BCUT2D eigenvalue weighted by Crippen LogP contribution is 2.55. The largest absolute Gasteiger partial charge is 0.0975 e. The molecule has 0 spiro atoms. The number of rotatable bonds is 2. The SMILES string of the molecule is CC(C)(C)CC(C)(C)P(C)(C)=S. The van der Waals surface area contributed by atoms with Crippen molar-refractivity contribution in [2.45, 2.75) is 46.2 Å². The first-order valence-electron chi connectivity index (χ1n) is 4.51. The summed E-state index contributed by atoms with van der Waals surface area (Å²) >= 11 is 5.60. The molecule has 0 N–H and O–H groups in total. The average Bonchev–Trinajstić information content (AvgIpc) is 1.52. The molecule has 0 amide bonds. The molecule has 0 saturated heterocycles. The molecule has 0 fully saturated rings. The van der Waals surface area contributed by atoms with Crippen LogP contribution in [0.1, 0.15) is 41.0 Å². The van der Waals surface area contributed by atoms with Crippen molar-refractivity contribution in [3.8, 4) is 0 Å². The van der Waals surface area contributed by atoms with Crippen LogP contribution in [0, 0.1) is 5.41 Å². The van der Waals surface area contributed by atoms with Crippen molar-refractivity contribution < 1.29 is 0 Å². The monoisotopic (exact) mass is 206 g/mol. The Labute approximate surface area is 83.1 Å². The number of hydrogen-bond donors (Lipinski definition) is 0. The minimum Gasteiger partial charge on any atom is -0.0975 e. The minimum atomic E-state index is -1.13. The second kappa shape index (κ2) is 3.42. The Morgan fingerprint density at radius 1 is 1.00 bits per heavy atom. The van der Waals surface area contributed by atoms with Gasteiger partial charge in [-0.25, -0.2) is 0 Å². The second-order valence-electron chi connectivity index (χ2n) is 5.90. The van der Waals surface area contributed by atoms with E-state index in [2.05, 4.69) is 47.9 Å². The maximum atomic E-state index is 5.60. The lowest BCUT2D eigenvalue weighted by Crippen LogP contribution is -2.26. The molecule has 0 aromatic heterocycles. The van der Waals surface area contributed by atoms with Gasteiger partial charge in [0.25, 0.3) is 0 Å². The molecule has 0 atom stereocenters. The molecule has 0 aliphatic heterocycles. The summed E-state index contributed by atoms with van der Waals surface area (Å²) < 4.78 is 0. The van der Waals surface area contributed by atoms with E-state index in [1.54, 1.807) is 0 Å².